The van der Waals surface area contributed by atoms with Gasteiger partial charge in [0, 0.05) is 31.6 Å². The van der Waals surface area contributed by atoms with E-state index in [1.165, 1.54) is 12.1 Å². The molecule has 0 fully saturated rings. The molecule has 0 aliphatic heterocycles. The fraction of sp³-hybridized carbons (Fsp3) is 0.556. The Hall–Kier alpha value is -2.11. The summed E-state index contributed by atoms with van der Waals surface area (Å²) in [5.74, 6) is 0.493. The predicted octanol–water partition coefficient (Wildman–Crippen LogP) is 2.09. The van der Waals surface area contributed by atoms with Gasteiger partial charge in [-0.1, -0.05) is 32.9 Å². The predicted molar refractivity (Wildman–Crippen MR) is 96.6 cm³/mol. The standard InChI is InChI=1S/C18H29FN4O/c1-5-20-17(23-12-11-21-16(24)18(2,3)4)22-10-9-14-7-6-8-15(19)13-14/h6-8,13H,5,9-12H2,1-4H3,(H,21,24)(H2,20,22,23). The van der Waals surface area contributed by atoms with E-state index in [0.29, 0.717) is 32.0 Å². The largest absolute Gasteiger partial charge is 0.357 e. The molecule has 0 aliphatic rings. The Bertz CT molecular complexity index is 552. The number of rotatable bonds is 7. The Morgan fingerprint density at radius 1 is 1.17 bits per heavy atom. The number of amides is 1. The van der Waals surface area contributed by atoms with Crippen molar-refractivity contribution in [2.24, 2.45) is 10.4 Å². The third-order valence-corrected chi connectivity index (χ3v) is 3.29. The van der Waals surface area contributed by atoms with Crippen molar-refractivity contribution in [1.29, 1.82) is 0 Å². The van der Waals surface area contributed by atoms with Crippen molar-refractivity contribution in [3.8, 4) is 0 Å². The topological polar surface area (TPSA) is 65.5 Å². The maximum absolute atomic E-state index is 13.1. The van der Waals surface area contributed by atoms with Gasteiger partial charge in [0.25, 0.3) is 0 Å². The highest BCUT2D eigenvalue weighted by Crippen LogP contribution is 2.11. The van der Waals surface area contributed by atoms with Crippen molar-refractivity contribution in [3.63, 3.8) is 0 Å². The lowest BCUT2D eigenvalue weighted by molar-refractivity contribution is -0.128. The minimum atomic E-state index is -0.385. The number of nitrogens with one attached hydrogen (secondary N) is 3. The molecule has 3 N–H and O–H groups in total. The molecule has 24 heavy (non-hydrogen) atoms. The van der Waals surface area contributed by atoms with Crippen molar-refractivity contribution >= 4 is 11.9 Å². The molecule has 0 radical (unpaired) electrons. The zero-order valence-electron chi connectivity index (χ0n) is 15.1. The maximum atomic E-state index is 13.1. The van der Waals surface area contributed by atoms with Crippen LogP contribution in [0.3, 0.4) is 0 Å². The van der Waals surface area contributed by atoms with Gasteiger partial charge >= 0.3 is 0 Å². The number of hydrogen-bond acceptors (Lipinski definition) is 2. The second kappa shape index (κ2) is 9.90. The molecule has 0 spiro atoms. The molecular weight excluding hydrogens is 307 g/mol. The number of benzene rings is 1. The van der Waals surface area contributed by atoms with Crippen LogP contribution in [0.2, 0.25) is 0 Å². The molecule has 1 aromatic rings. The van der Waals surface area contributed by atoms with E-state index in [0.717, 1.165) is 12.1 Å². The monoisotopic (exact) mass is 336 g/mol. The van der Waals surface area contributed by atoms with Crippen molar-refractivity contribution < 1.29 is 9.18 Å². The summed E-state index contributed by atoms with van der Waals surface area (Å²) in [5, 5.41) is 9.21. The minimum Gasteiger partial charge on any atom is -0.357 e. The number of guanidine groups is 1. The third kappa shape index (κ3) is 7.94. The summed E-state index contributed by atoms with van der Waals surface area (Å²) >= 11 is 0. The summed E-state index contributed by atoms with van der Waals surface area (Å²) < 4.78 is 13.1. The molecule has 0 aliphatic carbocycles. The highest BCUT2D eigenvalue weighted by molar-refractivity contribution is 5.81. The van der Waals surface area contributed by atoms with E-state index < -0.39 is 0 Å². The first kappa shape index (κ1) is 19.9. The van der Waals surface area contributed by atoms with Crippen molar-refractivity contribution in [2.45, 2.75) is 34.1 Å². The van der Waals surface area contributed by atoms with Gasteiger partial charge < -0.3 is 16.0 Å². The van der Waals surface area contributed by atoms with Gasteiger partial charge in [-0.15, -0.1) is 0 Å². The molecule has 6 heteroatoms. The highest BCUT2D eigenvalue weighted by Gasteiger charge is 2.20. The molecule has 0 unspecified atom stereocenters. The van der Waals surface area contributed by atoms with E-state index in [1.807, 2.05) is 33.8 Å². The Morgan fingerprint density at radius 3 is 2.50 bits per heavy atom. The molecular formula is C18H29FN4O. The van der Waals surface area contributed by atoms with Gasteiger partial charge in [0.05, 0.1) is 0 Å². The quantitative estimate of drug-likeness (QED) is 0.406. The first-order chi connectivity index (χ1) is 11.3. The fourth-order valence-electron chi connectivity index (χ4n) is 1.95. The van der Waals surface area contributed by atoms with Crippen LogP contribution in [0, 0.1) is 11.2 Å². The highest BCUT2D eigenvalue weighted by atomic mass is 19.1. The van der Waals surface area contributed by atoms with Gasteiger partial charge in [-0.05, 0) is 31.0 Å². The summed E-state index contributed by atoms with van der Waals surface area (Å²) in [6.45, 7) is 10.1. The SMILES string of the molecule is CCNC(=NCCc1cccc(F)c1)NCCNC(=O)C(C)(C)C. The van der Waals surface area contributed by atoms with Crippen LogP contribution in [-0.2, 0) is 11.2 Å². The van der Waals surface area contributed by atoms with Crippen LogP contribution in [0.25, 0.3) is 0 Å². The molecule has 134 valence electrons. The molecule has 1 rings (SSSR count). The minimum absolute atomic E-state index is 0.0253. The van der Waals surface area contributed by atoms with Crippen LogP contribution in [0.15, 0.2) is 29.3 Å². The number of nitrogens with zero attached hydrogens (tertiary/aromatic N) is 1. The molecule has 0 bridgehead atoms. The molecule has 0 atom stereocenters. The van der Waals surface area contributed by atoms with Crippen LogP contribution in [0.1, 0.15) is 33.3 Å². The number of carbonyl (C=O) groups is 1. The van der Waals surface area contributed by atoms with Gasteiger partial charge in [0.15, 0.2) is 5.96 Å². The van der Waals surface area contributed by atoms with Gasteiger partial charge in [-0.3, -0.25) is 9.79 Å². The first-order valence-corrected chi connectivity index (χ1v) is 8.38. The lowest BCUT2D eigenvalue weighted by atomic mass is 9.96. The molecule has 0 aromatic heterocycles. The Labute approximate surface area is 144 Å². The van der Waals surface area contributed by atoms with E-state index in [4.69, 9.17) is 0 Å². The fourth-order valence-corrected chi connectivity index (χ4v) is 1.95. The average Bonchev–Trinajstić information content (AvgIpc) is 2.50. The summed E-state index contributed by atoms with van der Waals surface area (Å²) in [6.07, 6.45) is 0.676. The van der Waals surface area contributed by atoms with E-state index in [9.17, 15) is 9.18 Å². The summed E-state index contributed by atoms with van der Waals surface area (Å²) in [7, 11) is 0. The number of halogens is 1. The Balaban J connectivity index is 2.38. The van der Waals surface area contributed by atoms with Crippen LogP contribution in [-0.4, -0.2) is 38.0 Å². The molecule has 0 saturated heterocycles. The zero-order chi connectivity index (χ0) is 18.0. The lowest BCUT2D eigenvalue weighted by Gasteiger charge is -2.18. The Kier molecular flexibility index (Phi) is 8.22. The van der Waals surface area contributed by atoms with Crippen LogP contribution in [0.5, 0.6) is 0 Å². The normalized spacial score (nSPS) is 12.0. The molecule has 1 amide bonds. The van der Waals surface area contributed by atoms with Crippen molar-refractivity contribution in [1.82, 2.24) is 16.0 Å². The smallest absolute Gasteiger partial charge is 0.225 e. The molecule has 5 nitrogen and oxygen atoms in total. The van der Waals surface area contributed by atoms with E-state index >= 15 is 0 Å². The number of aliphatic imine (C=N–C) groups is 1. The number of hydrogen-bond donors (Lipinski definition) is 3. The molecule has 0 saturated carbocycles. The second-order valence-electron chi connectivity index (χ2n) is 6.57. The lowest BCUT2D eigenvalue weighted by Crippen LogP contribution is -2.43. The zero-order valence-corrected chi connectivity index (χ0v) is 15.1. The first-order valence-electron chi connectivity index (χ1n) is 8.38. The van der Waals surface area contributed by atoms with Crippen molar-refractivity contribution in [2.75, 3.05) is 26.2 Å². The van der Waals surface area contributed by atoms with Crippen molar-refractivity contribution in [3.05, 3.63) is 35.6 Å². The number of carbonyl (C=O) groups excluding carboxylic acids is 1. The summed E-state index contributed by atoms with van der Waals surface area (Å²) in [4.78, 5) is 16.2. The Morgan fingerprint density at radius 2 is 1.88 bits per heavy atom. The van der Waals surface area contributed by atoms with Gasteiger partial charge in [0.1, 0.15) is 5.82 Å². The second-order valence-corrected chi connectivity index (χ2v) is 6.57. The van der Waals surface area contributed by atoms with E-state index in [2.05, 4.69) is 20.9 Å². The van der Waals surface area contributed by atoms with Gasteiger partial charge in [-0.25, -0.2) is 4.39 Å². The summed E-state index contributed by atoms with van der Waals surface area (Å²) in [5.41, 5.74) is 0.538. The van der Waals surface area contributed by atoms with Gasteiger partial charge in [-0.2, -0.15) is 0 Å². The molecule has 0 heterocycles. The third-order valence-electron chi connectivity index (χ3n) is 3.29. The molecule has 1 aromatic carbocycles. The van der Waals surface area contributed by atoms with Crippen LogP contribution >= 0.6 is 0 Å². The average molecular weight is 336 g/mol. The maximum Gasteiger partial charge on any atom is 0.225 e. The van der Waals surface area contributed by atoms with Crippen LogP contribution in [0.4, 0.5) is 4.39 Å². The van der Waals surface area contributed by atoms with E-state index in [1.54, 1.807) is 6.07 Å². The van der Waals surface area contributed by atoms with E-state index in [-0.39, 0.29) is 17.1 Å². The van der Waals surface area contributed by atoms with Crippen LogP contribution < -0.4 is 16.0 Å². The van der Waals surface area contributed by atoms with Gasteiger partial charge in [0.2, 0.25) is 5.91 Å². The summed E-state index contributed by atoms with van der Waals surface area (Å²) in [6, 6.07) is 6.55.